The number of aryl methyl sites for hydroxylation is 1. The number of likely N-dealkylation sites (N-methyl/N-ethyl adjacent to an activating group) is 1. The fraction of sp³-hybridized carbons (Fsp3) is 0.455. The number of hydrogen-bond acceptors (Lipinski definition) is 2. The predicted molar refractivity (Wildman–Crippen MR) is 56.1 cm³/mol. The molecule has 70 valence electrons. The normalized spacial score (nSPS) is 19.7. The summed E-state index contributed by atoms with van der Waals surface area (Å²) < 4.78 is 0. The second kappa shape index (κ2) is 3.38. The van der Waals surface area contributed by atoms with E-state index >= 15 is 0 Å². The summed E-state index contributed by atoms with van der Waals surface area (Å²) in [6.45, 7) is 3.22. The minimum atomic E-state index is 0.487. The largest absolute Gasteiger partial charge is 0.383 e. The zero-order valence-corrected chi connectivity index (χ0v) is 8.22. The molecule has 1 unspecified atom stereocenters. The van der Waals surface area contributed by atoms with Crippen LogP contribution in [0.25, 0.3) is 0 Å². The molecular weight excluding hydrogens is 160 g/mol. The van der Waals surface area contributed by atoms with Crippen molar-refractivity contribution >= 4 is 5.69 Å². The monoisotopic (exact) mass is 176 g/mol. The van der Waals surface area contributed by atoms with Crippen LogP contribution in [0.15, 0.2) is 18.2 Å². The molecule has 2 heteroatoms. The molecule has 0 aliphatic carbocycles. The van der Waals surface area contributed by atoms with Crippen molar-refractivity contribution in [2.45, 2.75) is 19.4 Å². The fourth-order valence-electron chi connectivity index (χ4n) is 1.99. The van der Waals surface area contributed by atoms with Gasteiger partial charge in [0, 0.05) is 12.2 Å². The van der Waals surface area contributed by atoms with Crippen molar-refractivity contribution in [3.05, 3.63) is 29.3 Å². The maximum atomic E-state index is 3.46. The zero-order valence-electron chi connectivity index (χ0n) is 8.22. The number of fused-ring (bicyclic) bond motifs is 1. The quantitative estimate of drug-likeness (QED) is 0.719. The Balaban J connectivity index is 2.43. The van der Waals surface area contributed by atoms with Gasteiger partial charge in [-0.3, -0.25) is 0 Å². The average Bonchev–Trinajstić information content (AvgIpc) is 2.60. The summed E-state index contributed by atoms with van der Waals surface area (Å²) in [5.41, 5.74) is 4.20. The third-order valence-electron chi connectivity index (χ3n) is 2.77. The average molecular weight is 176 g/mol. The molecule has 1 heterocycles. The molecule has 0 aromatic heterocycles. The lowest BCUT2D eigenvalue weighted by atomic mass is 10.0. The van der Waals surface area contributed by atoms with Crippen LogP contribution in [-0.2, 0) is 6.42 Å². The lowest BCUT2D eigenvalue weighted by molar-refractivity contribution is 0.648. The molecule has 0 saturated carbocycles. The van der Waals surface area contributed by atoms with E-state index in [0.29, 0.717) is 6.04 Å². The lowest BCUT2D eigenvalue weighted by Gasteiger charge is -2.08. The van der Waals surface area contributed by atoms with Gasteiger partial charge in [0.15, 0.2) is 0 Å². The molecular formula is C11H16N2. The van der Waals surface area contributed by atoms with Crippen molar-refractivity contribution in [1.29, 1.82) is 0 Å². The molecule has 0 fully saturated rings. The Kier molecular flexibility index (Phi) is 2.23. The van der Waals surface area contributed by atoms with Gasteiger partial charge in [-0.15, -0.1) is 0 Å². The predicted octanol–water partition coefficient (Wildman–Crippen LogP) is 1.93. The van der Waals surface area contributed by atoms with Crippen LogP contribution in [0.5, 0.6) is 0 Å². The van der Waals surface area contributed by atoms with Gasteiger partial charge in [-0.2, -0.15) is 0 Å². The lowest BCUT2D eigenvalue weighted by Crippen LogP contribution is -2.17. The maximum Gasteiger partial charge on any atom is 0.0513 e. The Morgan fingerprint density at radius 3 is 3.08 bits per heavy atom. The van der Waals surface area contributed by atoms with Gasteiger partial charge in [-0.05, 0) is 24.6 Å². The zero-order chi connectivity index (χ0) is 9.26. The standard InChI is InChI=1S/C11H16N2/c1-3-8-5-4-6-9-10(12-2)7-13-11(8)9/h4-6,10,12-13H,3,7H2,1-2H3. The molecule has 1 aliphatic rings. The summed E-state index contributed by atoms with van der Waals surface area (Å²) >= 11 is 0. The number of anilines is 1. The van der Waals surface area contributed by atoms with Crippen molar-refractivity contribution in [1.82, 2.24) is 5.32 Å². The van der Waals surface area contributed by atoms with Crippen LogP contribution in [-0.4, -0.2) is 13.6 Å². The van der Waals surface area contributed by atoms with Gasteiger partial charge >= 0.3 is 0 Å². The van der Waals surface area contributed by atoms with E-state index in [4.69, 9.17) is 0 Å². The molecule has 1 atom stereocenters. The number of hydrogen-bond donors (Lipinski definition) is 2. The van der Waals surface area contributed by atoms with Crippen LogP contribution < -0.4 is 10.6 Å². The van der Waals surface area contributed by atoms with Crippen LogP contribution in [0.3, 0.4) is 0 Å². The van der Waals surface area contributed by atoms with E-state index < -0.39 is 0 Å². The van der Waals surface area contributed by atoms with Crippen LogP contribution >= 0.6 is 0 Å². The molecule has 2 N–H and O–H groups in total. The highest BCUT2D eigenvalue weighted by Gasteiger charge is 2.21. The summed E-state index contributed by atoms with van der Waals surface area (Å²) in [5, 5.41) is 6.77. The number of rotatable bonds is 2. The molecule has 1 aromatic carbocycles. The van der Waals surface area contributed by atoms with E-state index in [0.717, 1.165) is 13.0 Å². The minimum Gasteiger partial charge on any atom is -0.383 e. The Hall–Kier alpha value is -1.02. The van der Waals surface area contributed by atoms with Crippen molar-refractivity contribution in [2.24, 2.45) is 0 Å². The van der Waals surface area contributed by atoms with Crippen LogP contribution in [0.2, 0.25) is 0 Å². The van der Waals surface area contributed by atoms with E-state index in [1.54, 1.807) is 0 Å². The molecule has 0 radical (unpaired) electrons. The van der Waals surface area contributed by atoms with Gasteiger partial charge in [0.05, 0.1) is 6.04 Å². The number of benzene rings is 1. The second-order valence-electron chi connectivity index (χ2n) is 3.46. The molecule has 1 aliphatic heterocycles. The van der Waals surface area contributed by atoms with E-state index in [1.807, 2.05) is 7.05 Å². The first-order valence-corrected chi connectivity index (χ1v) is 4.89. The van der Waals surface area contributed by atoms with E-state index in [1.165, 1.54) is 16.8 Å². The number of nitrogens with one attached hydrogen (secondary N) is 2. The van der Waals surface area contributed by atoms with E-state index in [9.17, 15) is 0 Å². The third-order valence-corrected chi connectivity index (χ3v) is 2.77. The smallest absolute Gasteiger partial charge is 0.0513 e. The van der Waals surface area contributed by atoms with Crippen molar-refractivity contribution < 1.29 is 0 Å². The van der Waals surface area contributed by atoms with Gasteiger partial charge in [0.25, 0.3) is 0 Å². The van der Waals surface area contributed by atoms with Crippen molar-refractivity contribution in [3.63, 3.8) is 0 Å². The summed E-state index contributed by atoms with van der Waals surface area (Å²) in [4.78, 5) is 0. The molecule has 0 amide bonds. The van der Waals surface area contributed by atoms with Gasteiger partial charge in [0.1, 0.15) is 0 Å². The van der Waals surface area contributed by atoms with Gasteiger partial charge in [0.2, 0.25) is 0 Å². The SMILES string of the molecule is CCc1cccc2c1NCC2NC. The Labute approximate surface area is 79.4 Å². The molecule has 0 spiro atoms. The highest BCUT2D eigenvalue weighted by atomic mass is 15.0. The summed E-state index contributed by atoms with van der Waals surface area (Å²) in [5.74, 6) is 0. The minimum absolute atomic E-state index is 0.487. The van der Waals surface area contributed by atoms with Gasteiger partial charge in [-0.25, -0.2) is 0 Å². The summed E-state index contributed by atoms with van der Waals surface area (Å²) in [7, 11) is 2.01. The summed E-state index contributed by atoms with van der Waals surface area (Å²) in [6, 6.07) is 7.04. The van der Waals surface area contributed by atoms with Gasteiger partial charge < -0.3 is 10.6 Å². The summed E-state index contributed by atoms with van der Waals surface area (Å²) in [6.07, 6.45) is 1.10. The Morgan fingerprint density at radius 2 is 2.38 bits per heavy atom. The van der Waals surface area contributed by atoms with E-state index in [-0.39, 0.29) is 0 Å². The highest BCUT2D eigenvalue weighted by Crippen LogP contribution is 2.32. The van der Waals surface area contributed by atoms with E-state index in [2.05, 4.69) is 35.8 Å². The van der Waals surface area contributed by atoms with Crippen molar-refractivity contribution in [3.8, 4) is 0 Å². The molecule has 1 aromatic rings. The third kappa shape index (κ3) is 1.31. The highest BCUT2D eigenvalue weighted by molar-refractivity contribution is 5.62. The fourth-order valence-corrected chi connectivity index (χ4v) is 1.99. The van der Waals surface area contributed by atoms with Crippen LogP contribution in [0.1, 0.15) is 24.1 Å². The number of para-hydroxylation sites is 1. The van der Waals surface area contributed by atoms with Crippen LogP contribution in [0.4, 0.5) is 5.69 Å². The Bertz CT molecular complexity index is 307. The molecule has 2 nitrogen and oxygen atoms in total. The first-order valence-electron chi connectivity index (χ1n) is 4.89. The molecule has 0 saturated heterocycles. The Morgan fingerprint density at radius 1 is 1.54 bits per heavy atom. The first-order chi connectivity index (χ1) is 6.36. The van der Waals surface area contributed by atoms with Crippen LogP contribution in [0, 0.1) is 0 Å². The first kappa shape index (κ1) is 8.57. The molecule has 2 rings (SSSR count). The molecule has 13 heavy (non-hydrogen) atoms. The topological polar surface area (TPSA) is 24.1 Å². The van der Waals surface area contributed by atoms with Crippen molar-refractivity contribution in [2.75, 3.05) is 18.9 Å². The maximum absolute atomic E-state index is 3.46. The second-order valence-corrected chi connectivity index (χ2v) is 3.46. The van der Waals surface area contributed by atoms with Gasteiger partial charge in [-0.1, -0.05) is 25.1 Å². The molecule has 0 bridgehead atoms.